The first-order chi connectivity index (χ1) is 7.70. The summed E-state index contributed by atoms with van der Waals surface area (Å²) in [5.41, 5.74) is 2.05. The molecule has 0 amide bonds. The first-order valence-corrected chi connectivity index (χ1v) is 5.65. The number of carboxylic acids is 1. The summed E-state index contributed by atoms with van der Waals surface area (Å²) in [6.07, 6.45) is 6.01. The number of carbonyl (C=O) groups is 1. The lowest BCUT2D eigenvalue weighted by Crippen LogP contribution is -1.92. The SMILES string of the molecule is CCc1cncc(-c2cnc(C(=O)O)s2)c1. The van der Waals surface area contributed by atoms with E-state index in [-0.39, 0.29) is 5.01 Å². The molecule has 0 saturated carbocycles. The molecule has 0 aromatic carbocycles. The molecule has 0 saturated heterocycles. The third-order valence-electron chi connectivity index (χ3n) is 2.18. The van der Waals surface area contributed by atoms with Crippen molar-refractivity contribution in [2.24, 2.45) is 0 Å². The zero-order valence-electron chi connectivity index (χ0n) is 8.67. The summed E-state index contributed by atoms with van der Waals surface area (Å²) >= 11 is 1.16. The highest BCUT2D eigenvalue weighted by Gasteiger charge is 2.10. The molecule has 0 unspecified atom stereocenters. The summed E-state index contributed by atoms with van der Waals surface area (Å²) in [7, 11) is 0. The summed E-state index contributed by atoms with van der Waals surface area (Å²) in [6, 6.07) is 2.01. The van der Waals surface area contributed by atoms with E-state index in [4.69, 9.17) is 5.11 Å². The molecular weight excluding hydrogens is 224 g/mol. The smallest absolute Gasteiger partial charge is 0.365 e. The Bertz CT molecular complexity index is 522. The maximum atomic E-state index is 10.7. The minimum absolute atomic E-state index is 0.108. The van der Waals surface area contributed by atoms with Crippen LogP contribution in [0.4, 0.5) is 0 Å². The van der Waals surface area contributed by atoms with E-state index in [0.29, 0.717) is 0 Å². The summed E-state index contributed by atoms with van der Waals surface area (Å²) < 4.78 is 0. The summed E-state index contributed by atoms with van der Waals surface area (Å²) in [5, 5.41) is 8.89. The Morgan fingerprint density at radius 1 is 1.44 bits per heavy atom. The Morgan fingerprint density at radius 2 is 2.25 bits per heavy atom. The predicted molar refractivity (Wildman–Crippen MR) is 61.7 cm³/mol. The second-order valence-corrected chi connectivity index (χ2v) is 4.30. The average molecular weight is 234 g/mol. The largest absolute Gasteiger partial charge is 0.476 e. The van der Waals surface area contributed by atoms with Crippen molar-refractivity contribution in [2.75, 3.05) is 0 Å². The minimum atomic E-state index is -0.990. The predicted octanol–water partition coefficient (Wildman–Crippen LogP) is 2.47. The van der Waals surface area contributed by atoms with Gasteiger partial charge in [0, 0.05) is 24.2 Å². The molecule has 2 aromatic rings. The van der Waals surface area contributed by atoms with Crippen LogP contribution >= 0.6 is 11.3 Å². The number of nitrogens with zero attached hydrogens (tertiary/aromatic N) is 2. The van der Waals surface area contributed by atoms with E-state index in [1.165, 1.54) is 0 Å². The third kappa shape index (κ3) is 2.09. The lowest BCUT2D eigenvalue weighted by molar-refractivity contribution is 0.0696. The number of aromatic nitrogens is 2. The monoisotopic (exact) mass is 234 g/mol. The van der Waals surface area contributed by atoms with Gasteiger partial charge in [0.1, 0.15) is 0 Å². The molecule has 16 heavy (non-hydrogen) atoms. The number of pyridine rings is 1. The fourth-order valence-corrected chi connectivity index (χ4v) is 2.06. The molecule has 2 aromatic heterocycles. The van der Waals surface area contributed by atoms with Crippen molar-refractivity contribution >= 4 is 17.3 Å². The fraction of sp³-hybridized carbons (Fsp3) is 0.182. The van der Waals surface area contributed by atoms with Crippen LogP contribution < -0.4 is 0 Å². The van der Waals surface area contributed by atoms with Gasteiger partial charge < -0.3 is 5.11 Å². The van der Waals surface area contributed by atoms with E-state index in [0.717, 1.165) is 33.8 Å². The second-order valence-electron chi connectivity index (χ2n) is 3.27. The minimum Gasteiger partial charge on any atom is -0.476 e. The van der Waals surface area contributed by atoms with Crippen molar-refractivity contribution in [3.63, 3.8) is 0 Å². The molecule has 0 aliphatic rings. The fourth-order valence-electron chi connectivity index (χ4n) is 1.32. The van der Waals surface area contributed by atoms with Gasteiger partial charge >= 0.3 is 5.97 Å². The van der Waals surface area contributed by atoms with Crippen LogP contribution in [0.3, 0.4) is 0 Å². The van der Waals surface area contributed by atoms with Crippen LogP contribution in [0, 0.1) is 0 Å². The molecule has 1 N–H and O–H groups in total. The van der Waals surface area contributed by atoms with Crippen molar-refractivity contribution < 1.29 is 9.90 Å². The highest BCUT2D eigenvalue weighted by molar-refractivity contribution is 7.16. The first-order valence-electron chi connectivity index (χ1n) is 4.84. The van der Waals surface area contributed by atoms with Gasteiger partial charge in [0.2, 0.25) is 5.01 Å². The van der Waals surface area contributed by atoms with E-state index in [1.807, 2.05) is 12.3 Å². The molecule has 0 aliphatic carbocycles. The summed E-state index contributed by atoms with van der Waals surface area (Å²) in [4.78, 5) is 19.5. The van der Waals surface area contributed by atoms with E-state index >= 15 is 0 Å². The summed E-state index contributed by atoms with van der Waals surface area (Å²) in [6.45, 7) is 2.05. The number of aryl methyl sites for hydroxylation is 1. The highest BCUT2D eigenvalue weighted by atomic mass is 32.1. The molecule has 5 heteroatoms. The number of carboxylic acid groups (broad SMARTS) is 1. The Kier molecular flexibility index (Phi) is 2.96. The van der Waals surface area contributed by atoms with E-state index in [2.05, 4.69) is 16.9 Å². The molecule has 0 atom stereocenters. The van der Waals surface area contributed by atoms with Gasteiger partial charge in [-0.15, -0.1) is 11.3 Å². The molecule has 82 valence electrons. The van der Waals surface area contributed by atoms with Gasteiger partial charge in [-0.25, -0.2) is 9.78 Å². The van der Waals surface area contributed by atoms with Gasteiger partial charge in [-0.3, -0.25) is 4.98 Å². The molecule has 0 bridgehead atoms. The quantitative estimate of drug-likeness (QED) is 0.886. The van der Waals surface area contributed by atoms with Crippen LogP contribution in [0.2, 0.25) is 0 Å². The van der Waals surface area contributed by atoms with Crippen LogP contribution in [-0.2, 0) is 6.42 Å². The second kappa shape index (κ2) is 4.40. The zero-order chi connectivity index (χ0) is 11.5. The van der Waals surface area contributed by atoms with Gasteiger partial charge in [-0.1, -0.05) is 6.92 Å². The van der Waals surface area contributed by atoms with Crippen molar-refractivity contribution in [1.82, 2.24) is 9.97 Å². The van der Waals surface area contributed by atoms with Crippen molar-refractivity contribution in [1.29, 1.82) is 0 Å². The maximum Gasteiger partial charge on any atom is 0.365 e. The standard InChI is InChI=1S/C11H10N2O2S/c1-2-7-3-8(5-12-4-7)9-6-13-10(16-9)11(14)15/h3-6H,2H2,1H3,(H,14,15). The van der Waals surface area contributed by atoms with E-state index in [9.17, 15) is 4.79 Å². The number of rotatable bonds is 3. The normalized spacial score (nSPS) is 10.3. The van der Waals surface area contributed by atoms with Crippen molar-refractivity contribution in [3.05, 3.63) is 35.2 Å². The molecule has 0 aliphatic heterocycles. The molecular formula is C11H10N2O2S. The van der Waals surface area contributed by atoms with Gasteiger partial charge in [-0.2, -0.15) is 0 Å². The third-order valence-corrected chi connectivity index (χ3v) is 3.21. The lowest BCUT2D eigenvalue weighted by Gasteiger charge is -1.98. The number of hydrogen-bond acceptors (Lipinski definition) is 4. The van der Waals surface area contributed by atoms with Gasteiger partial charge in [0.05, 0.1) is 4.88 Å². The molecule has 2 heterocycles. The number of hydrogen-bond donors (Lipinski definition) is 1. The van der Waals surface area contributed by atoms with Gasteiger partial charge in [-0.05, 0) is 18.1 Å². The van der Waals surface area contributed by atoms with E-state index in [1.54, 1.807) is 12.4 Å². The van der Waals surface area contributed by atoms with Crippen LogP contribution in [0.15, 0.2) is 24.7 Å². The maximum absolute atomic E-state index is 10.7. The number of thiazole rings is 1. The Morgan fingerprint density at radius 3 is 2.88 bits per heavy atom. The molecule has 0 spiro atoms. The molecule has 0 radical (unpaired) electrons. The highest BCUT2D eigenvalue weighted by Crippen LogP contribution is 2.26. The van der Waals surface area contributed by atoms with Gasteiger partial charge in [0.15, 0.2) is 0 Å². The van der Waals surface area contributed by atoms with E-state index < -0.39 is 5.97 Å². The molecule has 0 fully saturated rings. The first kappa shape index (κ1) is 10.8. The molecule has 2 rings (SSSR count). The van der Waals surface area contributed by atoms with Crippen LogP contribution in [0.25, 0.3) is 10.4 Å². The molecule has 4 nitrogen and oxygen atoms in total. The van der Waals surface area contributed by atoms with Crippen LogP contribution in [-0.4, -0.2) is 21.0 Å². The van der Waals surface area contributed by atoms with Gasteiger partial charge in [0.25, 0.3) is 0 Å². The Hall–Kier alpha value is -1.75. The zero-order valence-corrected chi connectivity index (χ0v) is 9.49. The summed E-state index contributed by atoms with van der Waals surface area (Å²) in [5.74, 6) is -0.990. The topological polar surface area (TPSA) is 63.1 Å². The number of aromatic carboxylic acids is 1. The Balaban J connectivity index is 2.38. The van der Waals surface area contributed by atoms with Crippen molar-refractivity contribution in [3.8, 4) is 10.4 Å². The Labute approximate surface area is 96.6 Å². The van der Waals surface area contributed by atoms with Crippen LogP contribution in [0.1, 0.15) is 22.3 Å². The van der Waals surface area contributed by atoms with Crippen LogP contribution in [0.5, 0.6) is 0 Å². The van der Waals surface area contributed by atoms with Crippen molar-refractivity contribution in [2.45, 2.75) is 13.3 Å². The average Bonchev–Trinajstić information content (AvgIpc) is 2.78. The lowest BCUT2D eigenvalue weighted by atomic mass is 10.1.